The van der Waals surface area contributed by atoms with E-state index in [-0.39, 0.29) is 0 Å². The molecule has 0 aliphatic heterocycles. The van der Waals surface area contributed by atoms with Gasteiger partial charge < -0.3 is 10.6 Å². The first kappa shape index (κ1) is 19.5. The molecule has 4 rings (SSSR count). The summed E-state index contributed by atoms with van der Waals surface area (Å²) in [7, 11) is 0. The predicted octanol–water partition coefficient (Wildman–Crippen LogP) is 6.09. The van der Waals surface area contributed by atoms with E-state index in [0.717, 1.165) is 35.6 Å². The van der Waals surface area contributed by atoms with Crippen LogP contribution in [-0.2, 0) is 13.1 Å². The van der Waals surface area contributed by atoms with Crippen molar-refractivity contribution in [3.63, 3.8) is 0 Å². The van der Waals surface area contributed by atoms with Crippen molar-refractivity contribution in [2.75, 3.05) is 0 Å². The molecule has 0 radical (unpaired) electrons. The minimum atomic E-state index is 0.758. The Morgan fingerprint density at radius 2 is 0.700 bits per heavy atom. The highest BCUT2D eigenvalue weighted by atomic mass is 15.0. The molecule has 148 valence electrons. The Kier molecular flexibility index (Phi) is 6.59. The second-order valence-corrected chi connectivity index (χ2v) is 7.16. The summed E-state index contributed by atoms with van der Waals surface area (Å²) in [5.74, 6) is 0. The molecule has 2 N–H and O–H groups in total. The summed E-state index contributed by atoms with van der Waals surface area (Å²) >= 11 is 0. The lowest BCUT2D eigenvalue weighted by Gasteiger charge is -2.20. The number of hydrogen-bond acceptors (Lipinski definition) is 2. The third kappa shape index (κ3) is 5.18. The van der Waals surface area contributed by atoms with Crippen LogP contribution in [-0.4, -0.2) is 0 Å². The maximum atomic E-state index is 3.70. The number of hydrogen-bond donors (Lipinski definition) is 2. The van der Waals surface area contributed by atoms with E-state index < -0.39 is 0 Å². The molecule has 0 aliphatic rings. The summed E-state index contributed by atoms with van der Waals surface area (Å²) in [6, 6.07) is 42.1. The zero-order valence-electron chi connectivity index (χ0n) is 17.0. The maximum absolute atomic E-state index is 3.70. The van der Waals surface area contributed by atoms with Crippen LogP contribution in [0.1, 0.15) is 22.3 Å². The highest BCUT2D eigenvalue weighted by molar-refractivity contribution is 5.89. The molecule has 0 unspecified atom stereocenters. The highest BCUT2D eigenvalue weighted by Crippen LogP contribution is 2.23. The van der Waals surface area contributed by atoms with E-state index in [9.17, 15) is 0 Å². The van der Waals surface area contributed by atoms with Gasteiger partial charge in [-0.15, -0.1) is 0 Å². The Morgan fingerprint density at radius 1 is 0.400 bits per heavy atom. The zero-order valence-corrected chi connectivity index (χ0v) is 17.0. The first-order chi connectivity index (χ1) is 14.9. The molecule has 0 heterocycles. The lowest BCUT2D eigenvalue weighted by atomic mass is 10.0. The largest absolute Gasteiger partial charge is 0.379 e. The fourth-order valence-corrected chi connectivity index (χ4v) is 3.45. The van der Waals surface area contributed by atoms with Crippen molar-refractivity contribution in [1.29, 1.82) is 0 Å². The van der Waals surface area contributed by atoms with Crippen molar-refractivity contribution in [2.24, 2.45) is 0 Å². The second-order valence-electron chi connectivity index (χ2n) is 7.16. The SMILES string of the molecule is c1ccc(CN/C(=C(/NCc2ccccc2)c2ccccc2)c2ccccc2)cc1. The standard InChI is InChI=1S/C28H26N2/c1-5-13-23(14-6-1)21-29-27(25-17-9-3-10-18-25)28(26-19-11-4-12-20-26)30-22-24-15-7-2-8-16-24/h1-20,29-30H,21-22H2/b28-27+. The molecule has 0 saturated carbocycles. The molecule has 4 aromatic carbocycles. The summed E-state index contributed by atoms with van der Waals surface area (Å²) in [5.41, 5.74) is 7.02. The van der Waals surface area contributed by atoms with E-state index in [4.69, 9.17) is 0 Å². The van der Waals surface area contributed by atoms with E-state index in [1.165, 1.54) is 11.1 Å². The van der Waals surface area contributed by atoms with Crippen molar-refractivity contribution >= 4 is 11.4 Å². The molecular weight excluding hydrogens is 364 g/mol. The summed E-state index contributed by atoms with van der Waals surface area (Å²) in [6.45, 7) is 1.52. The van der Waals surface area contributed by atoms with Crippen LogP contribution in [0.3, 0.4) is 0 Å². The molecule has 0 amide bonds. The van der Waals surface area contributed by atoms with Gasteiger partial charge in [0.2, 0.25) is 0 Å². The lowest BCUT2D eigenvalue weighted by molar-refractivity contribution is 0.855. The second kappa shape index (κ2) is 10.1. The van der Waals surface area contributed by atoms with Gasteiger partial charge in [0.05, 0.1) is 11.4 Å². The van der Waals surface area contributed by atoms with E-state index >= 15 is 0 Å². The Morgan fingerprint density at radius 3 is 1.03 bits per heavy atom. The molecule has 0 spiro atoms. The van der Waals surface area contributed by atoms with Gasteiger partial charge in [-0.05, 0) is 22.3 Å². The summed E-state index contributed by atoms with van der Waals surface area (Å²) in [6.07, 6.45) is 0. The number of benzene rings is 4. The Labute approximate surface area is 178 Å². The van der Waals surface area contributed by atoms with Crippen LogP contribution in [0, 0.1) is 0 Å². The average molecular weight is 391 g/mol. The van der Waals surface area contributed by atoms with Crippen molar-refractivity contribution in [1.82, 2.24) is 10.6 Å². The minimum Gasteiger partial charge on any atom is -0.379 e. The summed E-state index contributed by atoms with van der Waals surface area (Å²) in [5, 5.41) is 7.41. The molecule has 0 atom stereocenters. The van der Waals surface area contributed by atoms with Crippen molar-refractivity contribution in [2.45, 2.75) is 13.1 Å². The molecular formula is C28H26N2. The summed E-state index contributed by atoms with van der Waals surface area (Å²) in [4.78, 5) is 0. The van der Waals surface area contributed by atoms with Gasteiger partial charge in [0.15, 0.2) is 0 Å². The highest BCUT2D eigenvalue weighted by Gasteiger charge is 2.12. The first-order valence-electron chi connectivity index (χ1n) is 10.3. The number of nitrogens with one attached hydrogen (secondary N) is 2. The normalized spacial score (nSPS) is 11.5. The fourth-order valence-electron chi connectivity index (χ4n) is 3.45. The van der Waals surface area contributed by atoms with Crippen LogP contribution >= 0.6 is 0 Å². The van der Waals surface area contributed by atoms with Gasteiger partial charge in [-0.1, -0.05) is 121 Å². The predicted molar refractivity (Wildman–Crippen MR) is 126 cm³/mol. The first-order valence-corrected chi connectivity index (χ1v) is 10.3. The van der Waals surface area contributed by atoms with Crippen LogP contribution in [0.25, 0.3) is 11.4 Å². The molecule has 30 heavy (non-hydrogen) atoms. The van der Waals surface area contributed by atoms with Crippen molar-refractivity contribution in [3.05, 3.63) is 144 Å². The maximum Gasteiger partial charge on any atom is 0.0658 e. The van der Waals surface area contributed by atoms with E-state index in [1.54, 1.807) is 0 Å². The molecule has 0 fully saturated rings. The Hall–Kier alpha value is -3.78. The van der Waals surface area contributed by atoms with Gasteiger partial charge in [0, 0.05) is 13.1 Å². The van der Waals surface area contributed by atoms with Gasteiger partial charge in [-0.3, -0.25) is 0 Å². The summed E-state index contributed by atoms with van der Waals surface area (Å²) < 4.78 is 0. The molecule has 2 nitrogen and oxygen atoms in total. The zero-order chi connectivity index (χ0) is 20.4. The van der Waals surface area contributed by atoms with Gasteiger partial charge in [0.25, 0.3) is 0 Å². The van der Waals surface area contributed by atoms with Crippen molar-refractivity contribution in [3.8, 4) is 0 Å². The van der Waals surface area contributed by atoms with E-state index in [2.05, 4.69) is 120 Å². The van der Waals surface area contributed by atoms with Crippen LogP contribution in [0.15, 0.2) is 121 Å². The number of rotatable bonds is 8. The monoisotopic (exact) mass is 390 g/mol. The molecule has 0 aromatic heterocycles. The molecule has 0 bridgehead atoms. The van der Waals surface area contributed by atoms with Crippen LogP contribution in [0.5, 0.6) is 0 Å². The third-order valence-corrected chi connectivity index (χ3v) is 5.00. The molecule has 0 saturated heterocycles. The Balaban J connectivity index is 1.73. The van der Waals surface area contributed by atoms with Gasteiger partial charge in [-0.25, -0.2) is 0 Å². The molecule has 0 aliphatic carbocycles. The quantitative estimate of drug-likeness (QED) is 0.356. The lowest BCUT2D eigenvalue weighted by Crippen LogP contribution is -2.21. The minimum absolute atomic E-state index is 0.758. The van der Waals surface area contributed by atoms with Gasteiger partial charge >= 0.3 is 0 Å². The average Bonchev–Trinajstić information content (AvgIpc) is 2.83. The van der Waals surface area contributed by atoms with E-state index in [0.29, 0.717) is 0 Å². The molecule has 4 aromatic rings. The van der Waals surface area contributed by atoms with Crippen LogP contribution < -0.4 is 10.6 Å². The Bertz CT molecular complexity index is 968. The third-order valence-electron chi connectivity index (χ3n) is 5.00. The van der Waals surface area contributed by atoms with Crippen LogP contribution in [0.4, 0.5) is 0 Å². The smallest absolute Gasteiger partial charge is 0.0658 e. The van der Waals surface area contributed by atoms with E-state index in [1.807, 2.05) is 12.1 Å². The topological polar surface area (TPSA) is 24.1 Å². The van der Waals surface area contributed by atoms with Gasteiger partial charge in [-0.2, -0.15) is 0 Å². The molecule has 2 heteroatoms. The van der Waals surface area contributed by atoms with Crippen molar-refractivity contribution < 1.29 is 0 Å². The fraction of sp³-hybridized carbons (Fsp3) is 0.0714. The van der Waals surface area contributed by atoms with Crippen LogP contribution in [0.2, 0.25) is 0 Å². The van der Waals surface area contributed by atoms with Gasteiger partial charge in [0.1, 0.15) is 0 Å².